The first kappa shape index (κ1) is 7.81. The van der Waals surface area contributed by atoms with Crippen LogP contribution in [-0.4, -0.2) is 9.78 Å². The van der Waals surface area contributed by atoms with Crippen LogP contribution < -0.4 is 18.9 Å². The molecular weight excluding hydrogens is 95.0 g/mol. The van der Waals surface area contributed by atoms with E-state index in [1.165, 1.54) is 0 Å². The number of aromatic nitrogens is 2. The van der Waals surface area contributed by atoms with E-state index in [0.29, 0.717) is 0 Å². The van der Waals surface area contributed by atoms with Crippen molar-refractivity contribution in [2.75, 3.05) is 0 Å². The standard InChI is InChI=1S/C5H7N2.Li/c1-2-7-5-3-4-6-7;/h4-5H,2H2,1H3;/q-1;+1. The summed E-state index contributed by atoms with van der Waals surface area (Å²) in [6.45, 7) is 2.98. The summed E-state index contributed by atoms with van der Waals surface area (Å²) in [5.74, 6) is 0. The van der Waals surface area contributed by atoms with Crippen LogP contribution in [0.25, 0.3) is 0 Å². The van der Waals surface area contributed by atoms with E-state index in [9.17, 15) is 0 Å². The predicted octanol–water partition coefficient (Wildman–Crippen LogP) is -2.29. The fourth-order valence-electron chi connectivity index (χ4n) is 0.433. The molecule has 0 aliphatic carbocycles. The van der Waals surface area contributed by atoms with Crippen molar-refractivity contribution in [1.82, 2.24) is 9.78 Å². The topological polar surface area (TPSA) is 17.8 Å². The van der Waals surface area contributed by atoms with E-state index >= 15 is 0 Å². The van der Waals surface area contributed by atoms with Crippen molar-refractivity contribution in [3.63, 3.8) is 0 Å². The van der Waals surface area contributed by atoms with Crippen LogP contribution in [0.2, 0.25) is 0 Å². The van der Waals surface area contributed by atoms with E-state index in [1.807, 2.05) is 17.8 Å². The minimum atomic E-state index is 0. The third-order valence-electron chi connectivity index (χ3n) is 0.828. The zero-order valence-corrected chi connectivity index (χ0v) is 5.26. The molecule has 0 aliphatic rings. The monoisotopic (exact) mass is 102 g/mol. The van der Waals surface area contributed by atoms with Gasteiger partial charge < -0.3 is 10.7 Å². The molecule has 1 aromatic rings. The summed E-state index contributed by atoms with van der Waals surface area (Å²) >= 11 is 0. The summed E-state index contributed by atoms with van der Waals surface area (Å²) in [5, 5.41) is 3.90. The van der Waals surface area contributed by atoms with Crippen LogP contribution in [0.3, 0.4) is 0 Å². The van der Waals surface area contributed by atoms with Crippen LogP contribution in [0.4, 0.5) is 0 Å². The largest absolute Gasteiger partial charge is 1.00 e. The number of hydrogen-bond acceptors (Lipinski definition) is 1. The van der Waals surface area contributed by atoms with Gasteiger partial charge in [0.1, 0.15) is 0 Å². The first-order valence-corrected chi connectivity index (χ1v) is 2.32. The second kappa shape index (κ2) is 3.77. The van der Waals surface area contributed by atoms with E-state index in [4.69, 9.17) is 0 Å². The Morgan fingerprint density at radius 1 is 1.75 bits per heavy atom. The van der Waals surface area contributed by atoms with Crippen molar-refractivity contribution < 1.29 is 18.9 Å². The van der Waals surface area contributed by atoms with Gasteiger partial charge in [-0.1, -0.05) is 0 Å². The molecule has 0 N–H and O–H groups in total. The first-order valence-electron chi connectivity index (χ1n) is 2.32. The second-order valence-corrected chi connectivity index (χ2v) is 1.30. The van der Waals surface area contributed by atoms with Crippen LogP contribution in [-0.2, 0) is 6.54 Å². The van der Waals surface area contributed by atoms with Crippen molar-refractivity contribution in [3.8, 4) is 0 Å². The minimum absolute atomic E-state index is 0. The molecule has 8 heavy (non-hydrogen) atoms. The van der Waals surface area contributed by atoms with Crippen LogP contribution in [0, 0.1) is 6.07 Å². The molecule has 0 spiro atoms. The number of rotatable bonds is 1. The van der Waals surface area contributed by atoms with Gasteiger partial charge in [0.25, 0.3) is 0 Å². The van der Waals surface area contributed by atoms with Crippen molar-refractivity contribution in [2.24, 2.45) is 0 Å². The molecular formula is C5H7LiN2. The molecule has 1 aromatic heterocycles. The fourth-order valence-corrected chi connectivity index (χ4v) is 0.433. The fraction of sp³-hybridized carbons (Fsp3) is 0.400. The van der Waals surface area contributed by atoms with E-state index in [2.05, 4.69) is 11.2 Å². The zero-order valence-electron chi connectivity index (χ0n) is 5.26. The van der Waals surface area contributed by atoms with E-state index in [-0.39, 0.29) is 18.9 Å². The Morgan fingerprint density at radius 2 is 2.50 bits per heavy atom. The van der Waals surface area contributed by atoms with Gasteiger partial charge in [-0.15, -0.1) is 6.20 Å². The van der Waals surface area contributed by atoms with Gasteiger partial charge >= 0.3 is 18.9 Å². The number of aryl methyl sites for hydroxylation is 1. The molecule has 0 saturated heterocycles. The maximum Gasteiger partial charge on any atom is 1.00 e. The zero-order chi connectivity index (χ0) is 5.11. The minimum Gasteiger partial charge on any atom is -0.432 e. The van der Waals surface area contributed by atoms with Crippen molar-refractivity contribution in [3.05, 3.63) is 18.5 Å². The van der Waals surface area contributed by atoms with Gasteiger partial charge in [0.15, 0.2) is 0 Å². The molecule has 0 fully saturated rings. The summed E-state index contributed by atoms with van der Waals surface area (Å²) in [6.07, 6.45) is 3.48. The van der Waals surface area contributed by atoms with Gasteiger partial charge in [0, 0.05) is 6.54 Å². The molecule has 0 radical (unpaired) electrons. The average molecular weight is 102 g/mol. The van der Waals surface area contributed by atoms with Gasteiger partial charge in [-0.25, -0.2) is 5.10 Å². The maximum absolute atomic E-state index is 3.90. The number of hydrogen-bond donors (Lipinski definition) is 0. The van der Waals surface area contributed by atoms with Gasteiger partial charge in [0.05, 0.1) is 0 Å². The molecule has 0 aliphatic heterocycles. The Kier molecular flexibility index (Phi) is 3.68. The van der Waals surface area contributed by atoms with E-state index < -0.39 is 0 Å². The Balaban J connectivity index is 0.000000490. The molecule has 0 aromatic carbocycles. The Morgan fingerprint density at radius 3 is 2.75 bits per heavy atom. The van der Waals surface area contributed by atoms with Crippen LogP contribution in [0.1, 0.15) is 6.92 Å². The molecule has 2 nitrogen and oxygen atoms in total. The molecule has 0 atom stereocenters. The third kappa shape index (κ3) is 1.73. The van der Waals surface area contributed by atoms with Crippen LogP contribution in [0.5, 0.6) is 0 Å². The first-order chi connectivity index (χ1) is 3.43. The molecule has 0 unspecified atom stereocenters. The van der Waals surface area contributed by atoms with Crippen LogP contribution >= 0.6 is 0 Å². The quantitative estimate of drug-likeness (QED) is 0.288. The Labute approximate surface area is 61.1 Å². The van der Waals surface area contributed by atoms with Crippen molar-refractivity contribution in [1.29, 1.82) is 0 Å². The molecule has 0 saturated carbocycles. The van der Waals surface area contributed by atoms with Gasteiger partial charge in [0.2, 0.25) is 0 Å². The molecule has 3 heteroatoms. The van der Waals surface area contributed by atoms with Crippen molar-refractivity contribution in [2.45, 2.75) is 13.5 Å². The smallest absolute Gasteiger partial charge is 0.432 e. The van der Waals surface area contributed by atoms with Gasteiger partial charge in [-0.05, 0) is 6.92 Å². The molecule has 38 valence electrons. The third-order valence-corrected chi connectivity index (χ3v) is 0.828. The van der Waals surface area contributed by atoms with Crippen LogP contribution in [0.15, 0.2) is 12.4 Å². The Bertz CT molecular complexity index is 125. The summed E-state index contributed by atoms with van der Waals surface area (Å²) in [6, 6.07) is 2.83. The Hall–Kier alpha value is -0.193. The summed E-state index contributed by atoms with van der Waals surface area (Å²) in [4.78, 5) is 0. The molecule has 1 rings (SSSR count). The van der Waals surface area contributed by atoms with Gasteiger partial charge in [-0.3, -0.25) is 0 Å². The second-order valence-electron chi connectivity index (χ2n) is 1.30. The molecule has 0 amide bonds. The summed E-state index contributed by atoms with van der Waals surface area (Å²) in [5.41, 5.74) is 0. The summed E-state index contributed by atoms with van der Waals surface area (Å²) in [7, 11) is 0. The average Bonchev–Trinajstić information content (AvgIpc) is 2.14. The van der Waals surface area contributed by atoms with E-state index in [1.54, 1.807) is 6.20 Å². The maximum atomic E-state index is 3.90. The van der Waals surface area contributed by atoms with Crippen molar-refractivity contribution >= 4 is 0 Å². The van der Waals surface area contributed by atoms with Gasteiger partial charge in [-0.2, -0.15) is 6.20 Å². The predicted molar refractivity (Wildman–Crippen MR) is 26.7 cm³/mol. The number of nitrogens with zero attached hydrogens (tertiary/aromatic N) is 2. The SMILES string of the molecule is CCn1c[c-]cn1.[Li+]. The molecule has 1 heterocycles. The normalized spacial score (nSPS) is 8.12. The van der Waals surface area contributed by atoms with E-state index in [0.717, 1.165) is 6.54 Å². The molecule has 0 bridgehead atoms. The summed E-state index contributed by atoms with van der Waals surface area (Å²) < 4.78 is 1.82.